The van der Waals surface area contributed by atoms with Gasteiger partial charge in [0.05, 0.1) is 46.2 Å². The van der Waals surface area contributed by atoms with Crippen LogP contribution in [0, 0.1) is 0 Å². The zero-order valence-electron chi connectivity index (χ0n) is 12.4. The van der Waals surface area contributed by atoms with Gasteiger partial charge in [0.2, 0.25) is 5.91 Å². The first-order valence-electron chi connectivity index (χ1n) is 6.71. The van der Waals surface area contributed by atoms with E-state index in [9.17, 15) is 4.79 Å². The van der Waals surface area contributed by atoms with Crippen LogP contribution in [0.25, 0.3) is 0 Å². The number of rotatable bonds is 13. The Kier molecular flexibility index (Phi) is 13.2. The predicted octanol–water partition coefficient (Wildman–Crippen LogP) is 0.551. The molecule has 0 spiro atoms. The number of hydrogen-bond acceptors (Lipinski definition) is 5. The van der Waals surface area contributed by atoms with Crippen LogP contribution in [0.3, 0.4) is 0 Å². The second-order valence-corrected chi connectivity index (χ2v) is 3.97. The molecule has 0 aromatic carbocycles. The molecule has 6 heteroatoms. The summed E-state index contributed by atoms with van der Waals surface area (Å²) in [5.74, 6) is 0.0454. The molecular weight excluding hydrogens is 250 g/mol. The SMILES string of the molecule is CCOCCOCCOCCOCCN(C)C(C)=O. The van der Waals surface area contributed by atoms with Gasteiger partial charge in [-0.15, -0.1) is 0 Å². The maximum Gasteiger partial charge on any atom is 0.219 e. The monoisotopic (exact) mass is 277 g/mol. The van der Waals surface area contributed by atoms with Crippen molar-refractivity contribution >= 4 is 5.91 Å². The third-order valence-corrected chi connectivity index (χ3v) is 2.43. The first-order valence-corrected chi connectivity index (χ1v) is 6.71. The molecule has 0 atom stereocenters. The molecule has 0 radical (unpaired) electrons. The van der Waals surface area contributed by atoms with Gasteiger partial charge in [-0.1, -0.05) is 0 Å². The lowest BCUT2D eigenvalue weighted by Gasteiger charge is -2.14. The van der Waals surface area contributed by atoms with Gasteiger partial charge in [0.25, 0.3) is 0 Å². The van der Waals surface area contributed by atoms with Gasteiger partial charge in [-0.25, -0.2) is 0 Å². The van der Waals surface area contributed by atoms with Crippen LogP contribution in [-0.4, -0.2) is 77.3 Å². The Bertz CT molecular complexity index is 213. The fourth-order valence-corrected chi connectivity index (χ4v) is 1.16. The van der Waals surface area contributed by atoms with Gasteiger partial charge in [-0.3, -0.25) is 4.79 Å². The Balaban J connectivity index is 3.05. The summed E-state index contributed by atoms with van der Waals surface area (Å²) in [5, 5.41) is 0. The Morgan fingerprint density at radius 2 is 1.26 bits per heavy atom. The molecule has 0 aliphatic rings. The van der Waals surface area contributed by atoms with E-state index in [1.807, 2.05) is 6.92 Å². The maximum atomic E-state index is 10.9. The molecule has 0 aliphatic carbocycles. The molecule has 6 nitrogen and oxygen atoms in total. The molecule has 0 aliphatic heterocycles. The molecule has 0 heterocycles. The highest BCUT2D eigenvalue weighted by atomic mass is 16.6. The Labute approximate surface area is 115 Å². The number of likely N-dealkylation sites (N-methyl/N-ethyl adjacent to an activating group) is 1. The summed E-state index contributed by atoms with van der Waals surface area (Å²) in [5.41, 5.74) is 0. The van der Waals surface area contributed by atoms with E-state index in [1.54, 1.807) is 11.9 Å². The second-order valence-electron chi connectivity index (χ2n) is 3.97. The van der Waals surface area contributed by atoms with Crippen molar-refractivity contribution in [2.24, 2.45) is 0 Å². The zero-order chi connectivity index (χ0) is 14.3. The molecule has 1 amide bonds. The van der Waals surface area contributed by atoms with Gasteiger partial charge in [0.1, 0.15) is 0 Å². The van der Waals surface area contributed by atoms with E-state index in [1.165, 1.54) is 6.92 Å². The minimum Gasteiger partial charge on any atom is -0.379 e. The van der Waals surface area contributed by atoms with Crippen molar-refractivity contribution in [3.63, 3.8) is 0 Å². The molecule has 0 bridgehead atoms. The Hall–Kier alpha value is -0.690. The zero-order valence-corrected chi connectivity index (χ0v) is 12.4. The lowest BCUT2D eigenvalue weighted by molar-refractivity contribution is -0.128. The van der Waals surface area contributed by atoms with Gasteiger partial charge in [-0.05, 0) is 6.92 Å². The molecular formula is C13H27NO5. The van der Waals surface area contributed by atoms with Crippen molar-refractivity contribution in [2.75, 3.05) is 66.4 Å². The molecule has 114 valence electrons. The number of hydrogen-bond donors (Lipinski definition) is 0. The summed E-state index contributed by atoms with van der Waals surface area (Å²) in [7, 11) is 1.75. The predicted molar refractivity (Wildman–Crippen MR) is 72.3 cm³/mol. The van der Waals surface area contributed by atoms with Crippen LogP contribution < -0.4 is 0 Å². The fourth-order valence-electron chi connectivity index (χ4n) is 1.16. The minimum absolute atomic E-state index is 0.0454. The molecule has 0 aromatic rings. The molecule has 0 fully saturated rings. The molecule has 0 N–H and O–H groups in total. The molecule has 0 aromatic heterocycles. The van der Waals surface area contributed by atoms with Crippen molar-refractivity contribution in [2.45, 2.75) is 13.8 Å². The number of nitrogens with zero attached hydrogens (tertiary/aromatic N) is 1. The van der Waals surface area contributed by atoms with Crippen molar-refractivity contribution in [3.8, 4) is 0 Å². The van der Waals surface area contributed by atoms with Gasteiger partial charge >= 0.3 is 0 Å². The number of ether oxygens (including phenoxy) is 4. The summed E-state index contributed by atoms with van der Waals surface area (Å²) < 4.78 is 21.1. The normalized spacial score (nSPS) is 10.7. The largest absolute Gasteiger partial charge is 0.379 e. The summed E-state index contributed by atoms with van der Waals surface area (Å²) in [6.45, 7) is 8.78. The van der Waals surface area contributed by atoms with Crippen LogP contribution in [0.5, 0.6) is 0 Å². The Morgan fingerprint density at radius 1 is 0.842 bits per heavy atom. The third kappa shape index (κ3) is 13.5. The van der Waals surface area contributed by atoms with Gasteiger partial charge in [-0.2, -0.15) is 0 Å². The average Bonchev–Trinajstić information content (AvgIpc) is 2.39. The third-order valence-electron chi connectivity index (χ3n) is 2.43. The molecule has 19 heavy (non-hydrogen) atoms. The van der Waals surface area contributed by atoms with E-state index in [4.69, 9.17) is 18.9 Å². The lowest BCUT2D eigenvalue weighted by atomic mass is 10.5. The van der Waals surface area contributed by atoms with Crippen molar-refractivity contribution < 1.29 is 23.7 Å². The van der Waals surface area contributed by atoms with E-state index in [2.05, 4.69) is 0 Å². The minimum atomic E-state index is 0.0454. The summed E-state index contributed by atoms with van der Waals surface area (Å²) in [6.07, 6.45) is 0. The highest BCUT2D eigenvalue weighted by Crippen LogP contribution is 1.86. The van der Waals surface area contributed by atoms with Crippen LogP contribution in [0.15, 0.2) is 0 Å². The quantitative estimate of drug-likeness (QED) is 0.460. The molecule has 0 rings (SSSR count). The summed E-state index contributed by atoms with van der Waals surface area (Å²) >= 11 is 0. The number of carbonyl (C=O) groups excluding carboxylic acids is 1. The van der Waals surface area contributed by atoms with E-state index < -0.39 is 0 Å². The topological polar surface area (TPSA) is 57.2 Å². The number of carbonyl (C=O) groups is 1. The van der Waals surface area contributed by atoms with Crippen molar-refractivity contribution in [3.05, 3.63) is 0 Å². The van der Waals surface area contributed by atoms with Gasteiger partial charge in [0.15, 0.2) is 0 Å². The molecule has 0 saturated heterocycles. The highest BCUT2D eigenvalue weighted by Gasteiger charge is 2.00. The molecule has 0 saturated carbocycles. The first kappa shape index (κ1) is 18.3. The van der Waals surface area contributed by atoms with Gasteiger partial charge in [0, 0.05) is 27.1 Å². The standard InChI is InChI=1S/C13H27NO5/c1-4-16-7-8-18-11-12-19-10-9-17-6-5-14(3)13(2)15/h4-12H2,1-3H3. The first-order chi connectivity index (χ1) is 9.18. The van der Waals surface area contributed by atoms with Crippen LogP contribution in [0.4, 0.5) is 0 Å². The van der Waals surface area contributed by atoms with E-state index in [0.717, 1.165) is 6.61 Å². The van der Waals surface area contributed by atoms with Crippen LogP contribution >= 0.6 is 0 Å². The smallest absolute Gasteiger partial charge is 0.219 e. The van der Waals surface area contributed by atoms with Crippen LogP contribution in [0.2, 0.25) is 0 Å². The van der Waals surface area contributed by atoms with Gasteiger partial charge < -0.3 is 23.8 Å². The Morgan fingerprint density at radius 3 is 1.68 bits per heavy atom. The van der Waals surface area contributed by atoms with Crippen LogP contribution in [-0.2, 0) is 23.7 Å². The van der Waals surface area contributed by atoms with Crippen molar-refractivity contribution in [1.82, 2.24) is 4.90 Å². The number of amides is 1. The van der Waals surface area contributed by atoms with Crippen LogP contribution in [0.1, 0.15) is 13.8 Å². The highest BCUT2D eigenvalue weighted by molar-refractivity contribution is 5.72. The van der Waals surface area contributed by atoms with E-state index >= 15 is 0 Å². The average molecular weight is 277 g/mol. The maximum absolute atomic E-state index is 10.9. The molecule has 0 unspecified atom stereocenters. The van der Waals surface area contributed by atoms with E-state index in [-0.39, 0.29) is 5.91 Å². The summed E-state index contributed by atoms with van der Waals surface area (Å²) in [6, 6.07) is 0. The lowest BCUT2D eigenvalue weighted by Crippen LogP contribution is -2.28. The fraction of sp³-hybridized carbons (Fsp3) is 0.923. The van der Waals surface area contributed by atoms with Crippen molar-refractivity contribution in [1.29, 1.82) is 0 Å². The van der Waals surface area contributed by atoms with E-state index in [0.29, 0.717) is 52.8 Å². The second kappa shape index (κ2) is 13.7. The summed E-state index contributed by atoms with van der Waals surface area (Å²) in [4.78, 5) is 12.5.